The largest absolute Gasteiger partial charge is 0.368 e. The van der Waals surface area contributed by atoms with E-state index >= 15 is 0 Å². The number of anilines is 2. The molecule has 2 atom stereocenters. The normalized spacial score (nSPS) is 18.0. The van der Waals surface area contributed by atoms with Crippen molar-refractivity contribution >= 4 is 28.1 Å². The molecule has 40 heavy (non-hydrogen) atoms. The zero-order valence-electron chi connectivity index (χ0n) is 24.4. The third-order valence-corrected chi connectivity index (χ3v) is 8.14. The van der Waals surface area contributed by atoms with Crippen LogP contribution in [0, 0.1) is 25.2 Å². The number of fused-ring (bicyclic) bond motifs is 2. The lowest BCUT2D eigenvalue weighted by Crippen LogP contribution is -2.51. The van der Waals surface area contributed by atoms with Gasteiger partial charge in [0.05, 0.1) is 24.7 Å². The number of nitrogens with one attached hydrogen (secondary N) is 2. The molecule has 2 aromatic carbocycles. The van der Waals surface area contributed by atoms with Gasteiger partial charge < -0.3 is 25.3 Å². The van der Waals surface area contributed by atoms with Crippen molar-refractivity contribution in [3.63, 3.8) is 0 Å². The number of amides is 1. The molecule has 0 bridgehead atoms. The molecular weight excluding hydrogens is 498 g/mol. The van der Waals surface area contributed by atoms with Gasteiger partial charge in [0.1, 0.15) is 5.69 Å². The van der Waals surface area contributed by atoms with E-state index in [0.717, 1.165) is 56.1 Å². The molecule has 1 aromatic heterocycles. The predicted molar refractivity (Wildman–Crippen MR) is 162 cm³/mol. The van der Waals surface area contributed by atoms with E-state index in [4.69, 9.17) is 4.98 Å². The Bertz CT molecular complexity index is 1440. The number of likely N-dealkylation sites (N-methyl/N-ethyl adjacent to an activating group) is 1. The number of nitrogens with zero attached hydrogens (tertiary/aromatic N) is 5. The van der Waals surface area contributed by atoms with Crippen molar-refractivity contribution in [2.45, 2.75) is 52.2 Å². The zero-order valence-corrected chi connectivity index (χ0v) is 24.4. The van der Waals surface area contributed by atoms with Crippen LogP contribution in [0.25, 0.3) is 10.8 Å². The monoisotopic (exact) mass is 539 g/mol. The van der Waals surface area contributed by atoms with Crippen LogP contribution in [-0.2, 0) is 13.0 Å². The number of carbonyl (C=O) groups excluding carboxylic acids is 1. The number of hydrogen-bond acceptors (Lipinski definition) is 7. The molecule has 1 unspecified atom stereocenters. The summed E-state index contributed by atoms with van der Waals surface area (Å²) in [5.74, 6) is -0.127. The zero-order chi connectivity index (χ0) is 28.4. The summed E-state index contributed by atoms with van der Waals surface area (Å²) >= 11 is 0. The van der Waals surface area contributed by atoms with E-state index in [-0.39, 0.29) is 18.0 Å². The highest BCUT2D eigenvalue weighted by Crippen LogP contribution is 2.37. The number of nitriles is 1. The van der Waals surface area contributed by atoms with E-state index in [1.165, 1.54) is 27.6 Å². The molecule has 8 heteroatoms. The Morgan fingerprint density at radius 1 is 1.20 bits per heavy atom. The Balaban J connectivity index is 1.56. The third kappa shape index (κ3) is 5.63. The fourth-order valence-corrected chi connectivity index (χ4v) is 6.45. The van der Waals surface area contributed by atoms with Gasteiger partial charge in [-0.1, -0.05) is 30.3 Å². The van der Waals surface area contributed by atoms with Crippen molar-refractivity contribution in [3.05, 3.63) is 64.5 Å². The predicted octanol–water partition coefficient (Wildman–Crippen LogP) is 3.79. The van der Waals surface area contributed by atoms with E-state index in [9.17, 15) is 10.1 Å². The number of hydrogen-bond donors (Lipinski definition) is 2. The summed E-state index contributed by atoms with van der Waals surface area (Å²) in [6.07, 6.45) is 1.32. The number of carbonyl (C=O) groups is 1. The van der Waals surface area contributed by atoms with Gasteiger partial charge in [-0.05, 0) is 58.3 Å². The van der Waals surface area contributed by atoms with Gasteiger partial charge >= 0.3 is 0 Å². The smallest absolute Gasteiger partial charge is 0.270 e. The van der Waals surface area contributed by atoms with E-state index in [1.807, 2.05) is 27.9 Å². The molecule has 0 saturated carbocycles. The van der Waals surface area contributed by atoms with Crippen LogP contribution < -0.4 is 20.4 Å². The maximum atomic E-state index is 13.6. The summed E-state index contributed by atoms with van der Waals surface area (Å²) in [5, 5.41) is 18.5. The topological polar surface area (TPSA) is 87.5 Å². The molecule has 2 aliphatic heterocycles. The van der Waals surface area contributed by atoms with Crippen molar-refractivity contribution in [1.29, 1.82) is 5.26 Å². The minimum Gasteiger partial charge on any atom is -0.368 e. The van der Waals surface area contributed by atoms with Gasteiger partial charge in [0, 0.05) is 72.7 Å². The van der Waals surface area contributed by atoms with E-state index < -0.39 is 0 Å². The average molecular weight is 540 g/mol. The standard InChI is InChI=1S/C32H41N7O/c1-21-8-6-9-24-10-7-11-28(29(21)24)38-16-13-26-27(20-38)36-30(32(40)35-22(2)18-37(4)5)23(3)31(26)39-17-15-34-25(19-39)12-14-33/h6-11,22,25,34H,12-13,15-20H2,1-5H3,(H,35,40)/t22?,25-/m0/s1. The summed E-state index contributed by atoms with van der Waals surface area (Å²) in [4.78, 5) is 25.6. The Morgan fingerprint density at radius 3 is 2.73 bits per heavy atom. The lowest BCUT2D eigenvalue weighted by Gasteiger charge is -2.39. The SMILES string of the molecule is Cc1c(C(=O)NC(C)CN(C)C)nc2c(c1N1CCN[C@@H](CC#N)C1)CCN(c1cccc3cccc(C)c13)C2. The molecule has 1 saturated heterocycles. The summed E-state index contributed by atoms with van der Waals surface area (Å²) < 4.78 is 0. The van der Waals surface area contributed by atoms with Gasteiger partial charge in [-0.25, -0.2) is 4.98 Å². The van der Waals surface area contributed by atoms with Gasteiger partial charge in [0.2, 0.25) is 0 Å². The highest BCUT2D eigenvalue weighted by atomic mass is 16.2. The van der Waals surface area contributed by atoms with Crippen molar-refractivity contribution in [1.82, 2.24) is 20.5 Å². The first-order chi connectivity index (χ1) is 19.3. The van der Waals surface area contributed by atoms with Crippen molar-refractivity contribution in [3.8, 4) is 6.07 Å². The number of piperazine rings is 1. The van der Waals surface area contributed by atoms with Crippen LogP contribution in [0.4, 0.5) is 11.4 Å². The van der Waals surface area contributed by atoms with Crippen molar-refractivity contribution < 1.29 is 4.79 Å². The minimum absolute atomic E-state index is 0.00228. The first-order valence-corrected chi connectivity index (χ1v) is 14.3. The maximum Gasteiger partial charge on any atom is 0.270 e. The van der Waals surface area contributed by atoms with Gasteiger partial charge in [-0.2, -0.15) is 5.26 Å². The van der Waals surface area contributed by atoms with Crippen LogP contribution >= 0.6 is 0 Å². The van der Waals surface area contributed by atoms with E-state index in [2.05, 4.69) is 74.7 Å². The Hall–Kier alpha value is -3.67. The molecule has 2 aliphatic rings. The Morgan fingerprint density at radius 2 is 1.98 bits per heavy atom. The van der Waals surface area contributed by atoms with Crippen molar-refractivity contribution in [2.75, 3.05) is 56.6 Å². The minimum atomic E-state index is -0.127. The maximum absolute atomic E-state index is 13.6. The van der Waals surface area contributed by atoms with Crippen LogP contribution in [0.2, 0.25) is 0 Å². The third-order valence-electron chi connectivity index (χ3n) is 8.14. The van der Waals surface area contributed by atoms with Gasteiger partial charge in [-0.3, -0.25) is 4.79 Å². The molecule has 8 nitrogen and oxygen atoms in total. The number of benzene rings is 2. The van der Waals surface area contributed by atoms with Crippen LogP contribution in [0.1, 0.15) is 46.2 Å². The highest BCUT2D eigenvalue weighted by Gasteiger charge is 2.31. The number of aromatic nitrogens is 1. The first-order valence-electron chi connectivity index (χ1n) is 14.3. The van der Waals surface area contributed by atoms with E-state index in [1.54, 1.807) is 0 Å². The van der Waals surface area contributed by atoms with Gasteiger partial charge in [0.25, 0.3) is 5.91 Å². The molecule has 1 fully saturated rings. The summed E-state index contributed by atoms with van der Waals surface area (Å²) in [6.45, 7) is 10.9. The fraction of sp³-hybridized carbons (Fsp3) is 0.469. The van der Waals surface area contributed by atoms with Crippen LogP contribution in [-0.4, -0.2) is 74.7 Å². The second kappa shape index (κ2) is 11.8. The number of aryl methyl sites for hydroxylation is 1. The lowest BCUT2D eigenvalue weighted by atomic mass is 9.94. The van der Waals surface area contributed by atoms with Crippen molar-refractivity contribution in [2.24, 2.45) is 0 Å². The molecule has 210 valence electrons. The quantitative estimate of drug-likeness (QED) is 0.472. The molecule has 1 amide bonds. The van der Waals surface area contributed by atoms with Gasteiger partial charge in [-0.15, -0.1) is 0 Å². The number of rotatable bonds is 7. The van der Waals surface area contributed by atoms with Crippen LogP contribution in [0.15, 0.2) is 36.4 Å². The summed E-state index contributed by atoms with van der Waals surface area (Å²) in [5.41, 5.74) is 7.25. The molecule has 3 aromatic rings. The Labute approximate surface area is 238 Å². The molecule has 5 rings (SSSR count). The molecule has 3 heterocycles. The van der Waals surface area contributed by atoms with Gasteiger partial charge in [0.15, 0.2) is 0 Å². The van der Waals surface area contributed by atoms with Crippen LogP contribution in [0.5, 0.6) is 0 Å². The average Bonchev–Trinajstić information content (AvgIpc) is 2.92. The van der Waals surface area contributed by atoms with Crippen LogP contribution in [0.3, 0.4) is 0 Å². The fourth-order valence-electron chi connectivity index (χ4n) is 6.45. The first kappa shape index (κ1) is 27.9. The summed E-state index contributed by atoms with van der Waals surface area (Å²) in [7, 11) is 4.02. The Kier molecular flexibility index (Phi) is 8.24. The summed E-state index contributed by atoms with van der Waals surface area (Å²) in [6, 6.07) is 15.4. The molecule has 2 N–H and O–H groups in total. The molecule has 0 aliphatic carbocycles. The molecular formula is C32H41N7O. The van der Waals surface area contributed by atoms with E-state index in [0.29, 0.717) is 18.7 Å². The molecule has 0 radical (unpaired) electrons. The second-order valence-corrected chi connectivity index (χ2v) is 11.6. The molecule has 0 spiro atoms. The highest BCUT2D eigenvalue weighted by molar-refractivity contribution is 5.98. The lowest BCUT2D eigenvalue weighted by molar-refractivity contribution is 0.0928. The second-order valence-electron chi connectivity index (χ2n) is 11.6. The number of pyridine rings is 1.